The summed E-state index contributed by atoms with van der Waals surface area (Å²) < 4.78 is 0. The van der Waals surface area contributed by atoms with E-state index in [0.29, 0.717) is 5.84 Å². The third-order valence-corrected chi connectivity index (χ3v) is 2.36. The predicted octanol–water partition coefficient (Wildman–Crippen LogP) is 1.88. The van der Waals surface area contributed by atoms with Crippen LogP contribution in [0.4, 0.5) is 0 Å². The Balaban J connectivity index is 2.62. The largest absolute Gasteiger partial charge is 0.508 e. The van der Waals surface area contributed by atoms with E-state index in [9.17, 15) is 5.11 Å². The molecule has 0 aliphatic rings. The number of hydrogen-bond donors (Lipinski definition) is 2. The first-order chi connectivity index (χ1) is 7.20. The number of aromatic hydroxyl groups is 1. The molecule has 0 atom stereocenters. The first-order valence-electron chi connectivity index (χ1n) is 4.66. The summed E-state index contributed by atoms with van der Waals surface area (Å²) in [5, 5.41) is 11.3. The van der Waals surface area contributed by atoms with E-state index in [1.165, 1.54) is 0 Å². The van der Waals surface area contributed by atoms with Crippen LogP contribution in [-0.4, -0.2) is 18.0 Å². The van der Waals surface area contributed by atoms with E-state index in [0.717, 1.165) is 16.3 Å². The Hall–Kier alpha value is -2.03. The Morgan fingerprint density at radius 2 is 1.80 bits per heavy atom. The molecule has 15 heavy (non-hydrogen) atoms. The van der Waals surface area contributed by atoms with Gasteiger partial charge in [0.2, 0.25) is 0 Å². The number of benzene rings is 2. The molecule has 2 aromatic rings. The van der Waals surface area contributed by atoms with Gasteiger partial charge in [0.05, 0.1) is 0 Å². The number of rotatable bonds is 1. The lowest BCUT2D eigenvalue weighted by Crippen LogP contribution is -2.12. The van der Waals surface area contributed by atoms with Crippen LogP contribution in [0, 0.1) is 0 Å². The van der Waals surface area contributed by atoms with Crippen LogP contribution in [0.1, 0.15) is 5.56 Å². The van der Waals surface area contributed by atoms with Gasteiger partial charge in [-0.05, 0) is 29.0 Å². The summed E-state index contributed by atoms with van der Waals surface area (Å²) in [6.07, 6.45) is 0. The zero-order valence-electron chi connectivity index (χ0n) is 8.44. The highest BCUT2D eigenvalue weighted by Gasteiger charge is 2.00. The van der Waals surface area contributed by atoms with Crippen molar-refractivity contribution in [2.24, 2.45) is 10.7 Å². The van der Waals surface area contributed by atoms with Gasteiger partial charge in [0.25, 0.3) is 0 Å². The van der Waals surface area contributed by atoms with Crippen molar-refractivity contribution in [1.82, 2.24) is 0 Å². The summed E-state index contributed by atoms with van der Waals surface area (Å²) in [5.41, 5.74) is 6.61. The Bertz CT molecular complexity index is 532. The lowest BCUT2D eigenvalue weighted by molar-refractivity contribution is 0.476. The monoisotopic (exact) mass is 200 g/mol. The molecule has 0 bridgehead atoms. The summed E-state index contributed by atoms with van der Waals surface area (Å²) >= 11 is 0. The summed E-state index contributed by atoms with van der Waals surface area (Å²) in [7, 11) is 1.66. The number of fused-ring (bicyclic) bond motifs is 1. The number of nitrogens with two attached hydrogens (primary N) is 1. The minimum absolute atomic E-state index is 0.271. The van der Waals surface area contributed by atoms with Gasteiger partial charge >= 0.3 is 0 Å². The van der Waals surface area contributed by atoms with Gasteiger partial charge in [0, 0.05) is 12.6 Å². The van der Waals surface area contributed by atoms with Gasteiger partial charge in [-0.2, -0.15) is 0 Å². The Kier molecular flexibility index (Phi) is 2.29. The van der Waals surface area contributed by atoms with Crippen LogP contribution in [0.5, 0.6) is 5.75 Å². The van der Waals surface area contributed by atoms with Gasteiger partial charge in [0.1, 0.15) is 11.6 Å². The van der Waals surface area contributed by atoms with E-state index in [1.54, 1.807) is 19.2 Å². The van der Waals surface area contributed by atoms with Crippen LogP contribution in [0.25, 0.3) is 10.8 Å². The van der Waals surface area contributed by atoms with E-state index in [-0.39, 0.29) is 5.75 Å². The minimum Gasteiger partial charge on any atom is -0.508 e. The molecule has 0 spiro atoms. The lowest BCUT2D eigenvalue weighted by Gasteiger charge is -2.03. The number of nitrogens with zero attached hydrogens (tertiary/aromatic N) is 1. The maximum absolute atomic E-state index is 9.31. The van der Waals surface area contributed by atoms with Crippen LogP contribution < -0.4 is 5.73 Å². The van der Waals surface area contributed by atoms with Crippen molar-refractivity contribution < 1.29 is 5.11 Å². The molecule has 0 aromatic heterocycles. The summed E-state index contributed by atoms with van der Waals surface area (Å²) in [5.74, 6) is 0.789. The lowest BCUT2D eigenvalue weighted by atomic mass is 10.1. The van der Waals surface area contributed by atoms with E-state index in [2.05, 4.69) is 4.99 Å². The second-order valence-corrected chi connectivity index (χ2v) is 3.36. The topological polar surface area (TPSA) is 58.6 Å². The summed E-state index contributed by atoms with van der Waals surface area (Å²) in [6, 6.07) is 11.0. The van der Waals surface area contributed by atoms with E-state index in [4.69, 9.17) is 5.73 Å². The third-order valence-electron chi connectivity index (χ3n) is 2.36. The van der Waals surface area contributed by atoms with Gasteiger partial charge in [-0.1, -0.05) is 18.2 Å². The van der Waals surface area contributed by atoms with Crippen LogP contribution in [0.15, 0.2) is 41.4 Å². The summed E-state index contributed by atoms with van der Waals surface area (Å²) in [4.78, 5) is 3.93. The quantitative estimate of drug-likeness (QED) is 0.545. The van der Waals surface area contributed by atoms with Crippen LogP contribution in [0.3, 0.4) is 0 Å². The van der Waals surface area contributed by atoms with E-state index < -0.39 is 0 Å². The highest BCUT2D eigenvalue weighted by atomic mass is 16.3. The fourth-order valence-corrected chi connectivity index (χ4v) is 1.52. The maximum Gasteiger partial charge on any atom is 0.125 e. The fourth-order valence-electron chi connectivity index (χ4n) is 1.52. The van der Waals surface area contributed by atoms with Crippen LogP contribution >= 0.6 is 0 Å². The van der Waals surface area contributed by atoms with Gasteiger partial charge in [-0.25, -0.2) is 0 Å². The van der Waals surface area contributed by atoms with Gasteiger partial charge in [-0.15, -0.1) is 0 Å². The van der Waals surface area contributed by atoms with Crippen molar-refractivity contribution in [1.29, 1.82) is 0 Å². The highest BCUT2D eigenvalue weighted by molar-refractivity contribution is 6.01. The number of phenolic OH excluding ortho intramolecular Hbond substituents is 1. The van der Waals surface area contributed by atoms with Crippen molar-refractivity contribution in [3.05, 3.63) is 42.0 Å². The number of amidine groups is 1. The molecule has 0 saturated heterocycles. The molecule has 0 radical (unpaired) electrons. The van der Waals surface area contributed by atoms with Gasteiger partial charge in [-0.3, -0.25) is 4.99 Å². The maximum atomic E-state index is 9.31. The van der Waals surface area contributed by atoms with Gasteiger partial charge in [0.15, 0.2) is 0 Å². The molecule has 0 amide bonds. The SMILES string of the molecule is CN=C(N)c1ccc2cc(O)ccc2c1. The predicted molar refractivity (Wildman–Crippen MR) is 62.3 cm³/mol. The normalized spacial score (nSPS) is 11.9. The number of phenols is 1. The van der Waals surface area contributed by atoms with Crippen molar-refractivity contribution in [2.75, 3.05) is 7.05 Å². The molecule has 2 rings (SSSR count). The fraction of sp³-hybridized carbons (Fsp3) is 0.0833. The molecule has 0 saturated carbocycles. The van der Waals surface area contributed by atoms with Crippen molar-refractivity contribution in [2.45, 2.75) is 0 Å². The molecule has 2 aromatic carbocycles. The average molecular weight is 200 g/mol. The minimum atomic E-state index is 0.271. The van der Waals surface area contributed by atoms with Crippen LogP contribution in [-0.2, 0) is 0 Å². The molecule has 3 nitrogen and oxygen atoms in total. The van der Waals surface area contributed by atoms with Crippen molar-refractivity contribution >= 4 is 16.6 Å². The zero-order chi connectivity index (χ0) is 10.8. The first-order valence-corrected chi connectivity index (χ1v) is 4.66. The van der Waals surface area contributed by atoms with E-state index >= 15 is 0 Å². The Labute approximate surface area is 87.9 Å². The van der Waals surface area contributed by atoms with Crippen molar-refractivity contribution in [3.63, 3.8) is 0 Å². The third kappa shape index (κ3) is 1.76. The van der Waals surface area contributed by atoms with E-state index in [1.807, 2.05) is 24.3 Å². The smallest absolute Gasteiger partial charge is 0.125 e. The molecule has 0 unspecified atom stereocenters. The van der Waals surface area contributed by atoms with Gasteiger partial charge < -0.3 is 10.8 Å². The number of hydrogen-bond acceptors (Lipinski definition) is 2. The Morgan fingerprint density at radius 3 is 2.53 bits per heavy atom. The molecular formula is C12H12N2O. The summed E-state index contributed by atoms with van der Waals surface area (Å²) in [6.45, 7) is 0. The molecule has 0 fully saturated rings. The average Bonchev–Trinajstić information content (AvgIpc) is 2.27. The molecule has 0 aliphatic carbocycles. The number of aliphatic imine (C=N–C) groups is 1. The molecule has 0 aliphatic heterocycles. The second kappa shape index (κ2) is 3.61. The highest BCUT2D eigenvalue weighted by Crippen LogP contribution is 2.20. The first kappa shape index (κ1) is 9.52. The molecule has 76 valence electrons. The molecule has 3 N–H and O–H groups in total. The van der Waals surface area contributed by atoms with Crippen molar-refractivity contribution in [3.8, 4) is 5.75 Å². The Morgan fingerprint density at radius 1 is 1.13 bits per heavy atom. The molecule has 0 heterocycles. The molecular weight excluding hydrogens is 188 g/mol. The second-order valence-electron chi connectivity index (χ2n) is 3.36. The molecule has 3 heteroatoms. The van der Waals surface area contributed by atoms with Crippen LogP contribution in [0.2, 0.25) is 0 Å². The zero-order valence-corrected chi connectivity index (χ0v) is 8.44. The standard InChI is InChI=1S/C12H12N2O/c1-14-12(13)10-3-2-9-7-11(15)5-4-8(9)6-10/h2-7,15H,1H3,(H2,13,14).